The number of Topliss-reactive ketones (excluding diaryl/α,β-unsaturated/α-hetero) is 1. The van der Waals surface area contributed by atoms with Gasteiger partial charge in [-0.1, -0.05) is 0 Å². The van der Waals surface area contributed by atoms with Crippen LogP contribution in [-0.4, -0.2) is 44.0 Å². The van der Waals surface area contributed by atoms with Crippen LogP contribution in [0.5, 0.6) is 0 Å². The van der Waals surface area contributed by atoms with E-state index in [1.807, 2.05) is 0 Å². The van der Waals surface area contributed by atoms with Crippen molar-refractivity contribution in [3.63, 3.8) is 0 Å². The predicted octanol–water partition coefficient (Wildman–Crippen LogP) is 0.395. The number of unbranched alkanes of at least 4 members (excludes halogenated alkanes) is 1. The van der Waals surface area contributed by atoms with Crippen molar-refractivity contribution >= 4 is 23.7 Å². The van der Waals surface area contributed by atoms with Crippen molar-refractivity contribution in [3.05, 3.63) is 0 Å². The lowest BCUT2D eigenvalue weighted by Crippen LogP contribution is -2.15. The van der Waals surface area contributed by atoms with Crippen LogP contribution < -0.4 is 0 Å². The molecular formula is C12H18O7. The van der Waals surface area contributed by atoms with E-state index in [-0.39, 0.29) is 25.2 Å². The first-order valence-electron chi connectivity index (χ1n) is 5.83. The fraction of sp³-hybridized carbons (Fsp3) is 0.667. The molecule has 0 aliphatic heterocycles. The van der Waals surface area contributed by atoms with Gasteiger partial charge in [-0.3, -0.25) is 14.4 Å². The Balaban J connectivity index is 3.52. The molecule has 0 amide bonds. The number of ether oxygens (including phenoxy) is 3. The lowest BCUT2D eigenvalue weighted by atomic mass is 10.2. The van der Waals surface area contributed by atoms with Crippen LogP contribution in [0, 0.1) is 0 Å². The summed E-state index contributed by atoms with van der Waals surface area (Å²) in [4.78, 5) is 43.4. The zero-order valence-corrected chi connectivity index (χ0v) is 11.1. The number of carbonyl (C=O) groups excluding carboxylic acids is 4. The highest BCUT2D eigenvalue weighted by Gasteiger charge is 2.08. The highest BCUT2D eigenvalue weighted by Crippen LogP contribution is 2.03. The summed E-state index contributed by atoms with van der Waals surface area (Å²) in [6.07, 6.45) is 1.13. The Morgan fingerprint density at radius 2 is 1.26 bits per heavy atom. The molecule has 0 unspecified atom stereocenters. The zero-order valence-electron chi connectivity index (χ0n) is 11.1. The van der Waals surface area contributed by atoms with E-state index >= 15 is 0 Å². The molecule has 0 rings (SSSR count). The van der Waals surface area contributed by atoms with Gasteiger partial charge in [-0.15, -0.1) is 0 Å². The average molecular weight is 274 g/mol. The Bertz CT molecular complexity index is 335. The van der Waals surface area contributed by atoms with Gasteiger partial charge < -0.3 is 14.2 Å². The molecule has 0 aliphatic carbocycles. The molecule has 0 aromatic heterocycles. The summed E-state index contributed by atoms with van der Waals surface area (Å²) in [5.74, 6) is -1.85. The van der Waals surface area contributed by atoms with E-state index in [9.17, 15) is 19.2 Å². The van der Waals surface area contributed by atoms with E-state index in [0.717, 1.165) is 0 Å². The largest absolute Gasteiger partial charge is 0.466 e. The third-order valence-electron chi connectivity index (χ3n) is 2.03. The minimum absolute atomic E-state index is 0.108. The number of hydrogen-bond donors (Lipinski definition) is 0. The summed E-state index contributed by atoms with van der Waals surface area (Å²) in [5.41, 5.74) is 0. The molecule has 0 aromatic carbocycles. The van der Waals surface area contributed by atoms with E-state index in [1.165, 1.54) is 14.0 Å². The second-order valence-electron chi connectivity index (χ2n) is 3.81. The molecule has 108 valence electrons. The van der Waals surface area contributed by atoms with E-state index < -0.39 is 24.5 Å². The number of esters is 3. The molecule has 0 heterocycles. The number of hydrogen-bond acceptors (Lipinski definition) is 7. The quantitative estimate of drug-likeness (QED) is 0.341. The third kappa shape index (κ3) is 10.9. The first-order chi connectivity index (χ1) is 8.95. The van der Waals surface area contributed by atoms with Crippen LogP contribution >= 0.6 is 0 Å². The highest BCUT2D eigenvalue weighted by molar-refractivity contribution is 5.80. The summed E-state index contributed by atoms with van der Waals surface area (Å²) in [7, 11) is 1.20. The molecule has 7 heteroatoms. The van der Waals surface area contributed by atoms with Crippen molar-refractivity contribution in [2.24, 2.45) is 0 Å². The van der Waals surface area contributed by atoms with Crippen LogP contribution in [-0.2, 0) is 33.4 Å². The molecule has 0 saturated heterocycles. The van der Waals surface area contributed by atoms with Crippen molar-refractivity contribution in [1.82, 2.24) is 0 Å². The van der Waals surface area contributed by atoms with Crippen molar-refractivity contribution in [3.8, 4) is 0 Å². The Labute approximate surface area is 111 Å². The van der Waals surface area contributed by atoms with Gasteiger partial charge in [0.2, 0.25) is 0 Å². The van der Waals surface area contributed by atoms with Gasteiger partial charge in [-0.2, -0.15) is 0 Å². The molecule has 0 aliphatic rings. The van der Waals surface area contributed by atoms with Gasteiger partial charge >= 0.3 is 17.9 Å². The second-order valence-corrected chi connectivity index (χ2v) is 3.81. The molecule has 0 fully saturated rings. The van der Waals surface area contributed by atoms with E-state index in [2.05, 4.69) is 14.2 Å². The van der Waals surface area contributed by atoms with Crippen LogP contribution in [0.1, 0.15) is 32.6 Å². The Morgan fingerprint density at radius 3 is 1.68 bits per heavy atom. The fourth-order valence-electron chi connectivity index (χ4n) is 1.06. The standard InChI is InChI=1S/C12H18O7/c1-9(13)7-18-10(14)5-3-4-6-11(15)19-8-12(16)17-2/h3-8H2,1-2H3. The summed E-state index contributed by atoms with van der Waals surface area (Å²) in [6, 6.07) is 0. The first-order valence-corrected chi connectivity index (χ1v) is 5.83. The normalized spacial score (nSPS) is 9.58. The Morgan fingerprint density at radius 1 is 0.789 bits per heavy atom. The lowest BCUT2D eigenvalue weighted by Gasteiger charge is -2.04. The molecule has 0 atom stereocenters. The SMILES string of the molecule is COC(=O)COC(=O)CCCCC(=O)OCC(C)=O. The molecular weight excluding hydrogens is 256 g/mol. The van der Waals surface area contributed by atoms with Crippen LogP contribution in [0.4, 0.5) is 0 Å². The van der Waals surface area contributed by atoms with Gasteiger partial charge in [0.1, 0.15) is 6.61 Å². The van der Waals surface area contributed by atoms with Crippen molar-refractivity contribution in [1.29, 1.82) is 0 Å². The minimum atomic E-state index is -0.624. The van der Waals surface area contributed by atoms with Crippen molar-refractivity contribution in [2.75, 3.05) is 20.3 Å². The van der Waals surface area contributed by atoms with Crippen LogP contribution in [0.25, 0.3) is 0 Å². The average Bonchev–Trinajstić information content (AvgIpc) is 2.38. The molecule has 0 radical (unpaired) electrons. The Kier molecular flexibility index (Phi) is 9.03. The zero-order chi connectivity index (χ0) is 14.7. The maximum atomic E-state index is 11.1. The molecule has 0 N–H and O–H groups in total. The van der Waals surface area contributed by atoms with Gasteiger partial charge in [0, 0.05) is 12.8 Å². The van der Waals surface area contributed by atoms with Crippen LogP contribution in [0.2, 0.25) is 0 Å². The van der Waals surface area contributed by atoms with Crippen molar-refractivity contribution < 1.29 is 33.4 Å². The molecule has 0 bridgehead atoms. The monoisotopic (exact) mass is 274 g/mol. The van der Waals surface area contributed by atoms with Crippen LogP contribution in [0.15, 0.2) is 0 Å². The molecule has 0 spiro atoms. The molecule has 19 heavy (non-hydrogen) atoms. The van der Waals surface area contributed by atoms with Gasteiger partial charge in [0.25, 0.3) is 0 Å². The fourth-order valence-corrected chi connectivity index (χ4v) is 1.06. The Hall–Kier alpha value is -1.92. The first kappa shape index (κ1) is 17.1. The maximum Gasteiger partial charge on any atom is 0.344 e. The number of rotatable bonds is 9. The summed E-state index contributed by atoms with van der Waals surface area (Å²) in [5, 5.41) is 0. The second kappa shape index (κ2) is 10.0. The minimum Gasteiger partial charge on any atom is -0.466 e. The topological polar surface area (TPSA) is 96.0 Å². The third-order valence-corrected chi connectivity index (χ3v) is 2.03. The smallest absolute Gasteiger partial charge is 0.344 e. The van der Waals surface area contributed by atoms with E-state index in [1.54, 1.807) is 0 Å². The summed E-state index contributed by atoms with van der Waals surface area (Å²) >= 11 is 0. The van der Waals surface area contributed by atoms with Gasteiger partial charge in [-0.05, 0) is 19.8 Å². The lowest BCUT2D eigenvalue weighted by molar-refractivity contribution is -0.157. The van der Waals surface area contributed by atoms with Crippen LogP contribution in [0.3, 0.4) is 0 Å². The highest BCUT2D eigenvalue weighted by atomic mass is 16.6. The van der Waals surface area contributed by atoms with Gasteiger partial charge in [0.05, 0.1) is 7.11 Å². The summed E-state index contributed by atoms with van der Waals surface area (Å²) < 4.78 is 13.5. The van der Waals surface area contributed by atoms with E-state index in [0.29, 0.717) is 12.8 Å². The number of carbonyl (C=O) groups is 4. The number of ketones is 1. The molecule has 7 nitrogen and oxygen atoms in total. The predicted molar refractivity (Wildman–Crippen MR) is 63.1 cm³/mol. The molecule has 0 saturated carbocycles. The van der Waals surface area contributed by atoms with Gasteiger partial charge in [-0.25, -0.2) is 4.79 Å². The maximum absolute atomic E-state index is 11.1. The van der Waals surface area contributed by atoms with Gasteiger partial charge in [0.15, 0.2) is 12.4 Å². The van der Waals surface area contributed by atoms with Crippen molar-refractivity contribution in [2.45, 2.75) is 32.6 Å². The number of methoxy groups -OCH3 is 1. The summed E-state index contributed by atoms with van der Waals surface area (Å²) in [6.45, 7) is 0.695. The molecule has 0 aromatic rings. The van der Waals surface area contributed by atoms with E-state index in [4.69, 9.17) is 0 Å².